The van der Waals surface area contributed by atoms with Crippen LogP contribution < -0.4 is 16.0 Å². The number of hydrogen-bond donors (Lipinski definition) is 3. The Morgan fingerprint density at radius 2 is 1.95 bits per heavy atom. The van der Waals surface area contributed by atoms with Gasteiger partial charge in [0.2, 0.25) is 11.9 Å². The molecule has 3 aromatic rings. The van der Waals surface area contributed by atoms with Crippen molar-refractivity contribution in [2.45, 2.75) is 63.1 Å². The number of aryl methyl sites for hydroxylation is 2. The number of anilines is 3. The van der Waals surface area contributed by atoms with Crippen LogP contribution in [-0.2, 0) is 30.9 Å². The summed E-state index contributed by atoms with van der Waals surface area (Å²) in [7, 11) is 1.38. The molecule has 3 aliphatic rings. The van der Waals surface area contributed by atoms with Gasteiger partial charge in [0, 0.05) is 30.6 Å². The van der Waals surface area contributed by atoms with Gasteiger partial charge in [0.1, 0.15) is 29.5 Å². The summed E-state index contributed by atoms with van der Waals surface area (Å²) in [6.45, 7) is 0.306. The predicted molar refractivity (Wildman–Crippen MR) is 138 cm³/mol. The molecule has 6 rings (SSSR count). The lowest BCUT2D eigenvalue weighted by Gasteiger charge is -2.29. The molecule has 3 N–H and O–H groups in total. The van der Waals surface area contributed by atoms with Gasteiger partial charge in [0.05, 0.1) is 11.5 Å². The van der Waals surface area contributed by atoms with E-state index in [1.807, 2.05) is 0 Å². The molecular formula is C25H27F5N8O2S. The molecule has 0 spiro atoms. The molecule has 2 saturated carbocycles. The molecular weight excluding hydrogens is 571 g/mol. The van der Waals surface area contributed by atoms with E-state index in [4.69, 9.17) is 0 Å². The second-order valence-corrected chi connectivity index (χ2v) is 11.9. The molecule has 0 radical (unpaired) electrons. The number of alkyl halides is 5. The summed E-state index contributed by atoms with van der Waals surface area (Å²) < 4.78 is 69.0. The molecule has 220 valence electrons. The van der Waals surface area contributed by atoms with Crippen molar-refractivity contribution in [3.05, 3.63) is 34.1 Å². The van der Waals surface area contributed by atoms with E-state index in [2.05, 4.69) is 31.2 Å². The van der Waals surface area contributed by atoms with Crippen LogP contribution in [0.2, 0.25) is 0 Å². The Morgan fingerprint density at radius 1 is 1.20 bits per heavy atom. The Labute approximate surface area is 234 Å². The van der Waals surface area contributed by atoms with Crippen LogP contribution in [0, 0.1) is 11.8 Å². The zero-order valence-electron chi connectivity index (χ0n) is 21.8. The largest absolute Gasteiger partial charge is 0.435 e. The van der Waals surface area contributed by atoms with Gasteiger partial charge in [-0.05, 0) is 50.0 Å². The summed E-state index contributed by atoms with van der Waals surface area (Å²) >= 11 is 1.28. The summed E-state index contributed by atoms with van der Waals surface area (Å²) in [6.07, 6.45) is -2.73. The lowest BCUT2D eigenvalue weighted by Crippen LogP contribution is -2.37. The van der Waals surface area contributed by atoms with Crippen LogP contribution in [0.5, 0.6) is 0 Å². The summed E-state index contributed by atoms with van der Waals surface area (Å²) in [5, 5.41) is 20.3. The molecule has 0 saturated heterocycles. The molecule has 10 nitrogen and oxygen atoms in total. The van der Waals surface area contributed by atoms with Gasteiger partial charge in [-0.25, -0.2) is 8.78 Å². The van der Waals surface area contributed by atoms with Gasteiger partial charge in [-0.15, -0.1) is 21.5 Å². The van der Waals surface area contributed by atoms with Crippen molar-refractivity contribution in [1.29, 1.82) is 0 Å². The highest BCUT2D eigenvalue weighted by molar-refractivity contribution is 7.17. The van der Waals surface area contributed by atoms with Crippen LogP contribution in [0.25, 0.3) is 0 Å². The summed E-state index contributed by atoms with van der Waals surface area (Å²) in [6, 6.07) is 0.626. The van der Waals surface area contributed by atoms with E-state index in [9.17, 15) is 31.5 Å². The maximum Gasteiger partial charge on any atom is 0.435 e. The smallest absolute Gasteiger partial charge is 0.352 e. The van der Waals surface area contributed by atoms with Crippen LogP contribution >= 0.6 is 11.3 Å². The molecule has 3 heterocycles. The fraction of sp³-hybridized carbons (Fsp3) is 0.560. The topological polar surface area (TPSA) is 119 Å². The third-order valence-electron chi connectivity index (χ3n) is 7.85. The number of thiophene rings is 1. The van der Waals surface area contributed by atoms with Gasteiger partial charge in [0.15, 0.2) is 5.69 Å². The lowest BCUT2D eigenvalue weighted by atomic mass is 9.83. The van der Waals surface area contributed by atoms with Crippen molar-refractivity contribution in [3.63, 3.8) is 0 Å². The number of amides is 2. The number of nitrogens with one attached hydrogen (secondary N) is 3. The number of rotatable bonds is 8. The minimum Gasteiger partial charge on any atom is -0.352 e. The zero-order valence-corrected chi connectivity index (χ0v) is 22.7. The molecule has 2 fully saturated rings. The second-order valence-electron chi connectivity index (χ2n) is 10.8. The van der Waals surface area contributed by atoms with Crippen molar-refractivity contribution < 1.29 is 31.5 Å². The average molecular weight is 599 g/mol. The number of halogens is 5. The molecule has 16 heteroatoms. The minimum atomic E-state index is -4.61. The molecule has 0 aromatic carbocycles. The number of carbonyl (C=O) groups excluding carboxylic acids is 2. The molecule has 41 heavy (non-hydrogen) atoms. The summed E-state index contributed by atoms with van der Waals surface area (Å²) in [5.41, 5.74) is -0.0176. The fourth-order valence-electron chi connectivity index (χ4n) is 5.35. The first-order valence-corrected chi connectivity index (χ1v) is 14.1. The molecule has 3 atom stereocenters. The first kappa shape index (κ1) is 27.6. The van der Waals surface area contributed by atoms with Crippen LogP contribution in [0.1, 0.15) is 58.2 Å². The molecule has 3 aliphatic carbocycles. The highest BCUT2D eigenvalue weighted by atomic mass is 32.1. The number of carbonyl (C=O) groups is 2. The van der Waals surface area contributed by atoms with E-state index in [0.717, 1.165) is 21.2 Å². The normalized spacial score (nSPS) is 25.3. The van der Waals surface area contributed by atoms with Crippen LogP contribution in [0.4, 0.5) is 38.7 Å². The Bertz CT molecular complexity index is 1480. The van der Waals surface area contributed by atoms with E-state index >= 15 is 0 Å². The van der Waals surface area contributed by atoms with Gasteiger partial charge >= 0.3 is 6.18 Å². The SMILES string of the molecule is Cn1nc(C(F)(F)F)cc1Nc1nncn1[C@H]1CCc2sc(NC(=O)[C@H]3C[C@H]3F)c(C(=O)NC[C@H]3C[C@H](F)C3)c2C1. The number of hydrogen-bond acceptors (Lipinski definition) is 7. The second kappa shape index (κ2) is 10.4. The quantitative estimate of drug-likeness (QED) is 0.332. The van der Waals surface area contributed by atoms with Gasteiger partial charge in [-0.1, -0.05) is 0 Å². The van der Waals surface area contributed by atoms with Gasteiger partial charge in [-0.3, -0.25) is 18.8 Å². The third-order valence-corrected chi connectivity index (χ3v) is 9.06. The first-order chi connectivity index (χ1) is 19.5. The first-order valence-electron chi connectivity index (χ1n) is 13.3. The lowest BCUT2D eigenvalue weighted by molar-refractivity contribution is -0.141. The van der Waals surface area contributed by atoms with Gasteiger partial charge < -0.3 is 16.0 Å². The van der Waals surface area contributed by atoms with Crippen molar-refractivity contribution in [2.75, 3.05) is 17.2 Å². The van der Waals surface area contributed by atoms with Crippen LogP contribution in [-0.4, -0.2) is 55.2 Å². The molecule has 0 bridgehead atoms. The van der Waals surface area contributed by atoms with Crippen LogP contribution in [0.3, 0.4) is 0 Å². The van der Waals surface area contributed by atoms with Crippen molar-refractivity contribution >= 4 is 39.9 Å². The fourth-order valence-corrected chi connectivity index (χ4v) is 6.60. The predicted octanol–water partition coefficient (Wildman–Crippen LogP) is 4.34. The number of fused-ring (bicyclic) bond motifs is 1. The highest BCUT2D eigenvalue weighted by Gasteiger charge is 2.44. The summed E-state index contributed by atoms with van der Waals surface area (Å²) in [5.74, 6) is -1.28. The Kier molecular flexibility index (Phi) is 6.98. The third kappa shape index (κ3) is 5.53. The van der Waals surface area contributed by atoms with Crippen molar-refractivity contribution in [1.82, 2.24) is 29.9 Å². The monoisotopic (exact) mass is 598 g/mol. The van der Waals surface area contributed by atoms with E-state index in [1.54, 1.807) is 4.57 Å². The van der Waals surface area contributed by atoms with Crippen molar-refractivity contribution in [3.8, 4) is 0 Å². The number of aromatic nitrogens is 5. The van der Waals surface area contributed by atoms with Gasteiger partial charge in [0.25, 0.3) is 5.91 Å². The molecule has 0 unspecified atom stereocenters. The number of nitrogens with zero attached hydrogens (tertiary/aromatic N) is 5. The molecule has 3 aromatic heterocycles. The molecule has 0 aliphatic heterocycles. The summed E-state index contributed by atoms with van der Waals surface area (Å²) in [4.78, 5) is 26.9. The van der Waals surface area contributed by atoms with E-state index in [-0.39, 0.29) is 30.1 Å². The van der Waals surface area contributed by atoms with E-state index in [1.165, 1.54) is 24.7 Å². The highest BCUT2D eigenvalue weighted by Crippen LogP contribution is 2.43. The van der Waals surface area contributed by atoms with Crippen LogP contribution in [0.15, 0.2) is 12.4 Å². The zero-order chi connectivity index (χ0) is 29.1. The van der Waals surface area contributed by atoms with Crippen molar-refractivity contribution in [2.24, 2.45) is 18.9 Å². The standard InChI is InChI=1S/C25H27F5N8O2S/c1-37-19(8-18(36-37)25(28,29)30)33-24-35-32-10-38(24)13-2-3-17-15(6-13)20(22(40)31-9-11-4-12(26)5-11)23(41-17)34-21(39)14-7-16(14)27/h8,10-14,16H,2-7,9H2,1H3,(H,31,40)(H,33,35)(H,34,39)/t11-,12-,13-,14-,16+/m0/s1. The minimum absolute atomic E-state index is 0.0449. The maximum atomic E-state index is 13.5. The molecule has 2 amide bonds. The Hall–Kier alpha value is -3.56. The van der Waals surface area contributed by atoms with E-state index < -0.39 is 41.9 Å². The maximum absolute atomic E-state index is 13.5. The van der Waals surface area contributed by atoms with Gasteiger partial charge in [-0.2, -0.15) is 18.3 Å². The van der Waals surface area contributed by atoms with E-state index in [0.29, 0.717) is 49.2 Å². The average Bonchev–Trinajstić information content (AvgIpc) is 3.20. The Morgan fingerprint density at radius 3 is 2.61 bits per heavy atom. The Balaban J connectivity index is 1.24.